The molecule has 0 bridgehead atoms. The van der Waals surface area contributed by atoms with E-state index in [0.717, 1.165) is 28.1 Å². The van der Waals surface area contributed by atoms with Gasteiger partial charge in [0.2, 0.25) is 11.5 Å². The Morgan fingerprint density at radius 3 is 2.35 bits per heavy atom. The second kappa shape index (κ2) is 8.45. The van der Waals surface area contributed by atoms with Crippen molar-refractivity contribution in [3.05, 3.63) is 35.8 Å². The molecule has 1 amide bonds. The highest BCUT2D eigenvalue weighted by atomic mass is 19.4. The summed E-state index contributed by atoms with van der Waals surface area (Å²) in [5, 5.41) is 10.4. The quantitative estimate of drug-likeness (QED) is 0.767. The van der Waals surface area contributed by atoms with Gasteiger partial charge in [-0.05, 0) is 6.92 Å². The maximum absolute atomic E-state index is 13.7. The number of piperazine rings is 1. The topological polar surface area (TPSA) is 87.4 Å². The molecule has 31 heavy (non-hydrogen) atoms. The highest BCUT2D eigenvalue weighted by molar-refractivity contribution is 5.78. The molecule has 1 unspecified atom stereocenters. The highest BCUT2D eigenvalue weighted by Crippen LogP contribution is 2.41. The Hall–Kier alpha value is -2.69. The van der Waals surface area contributed by atoms with E-state index in [-0.39, 0.29) is 19.0 Å². The summed E-state index contributed by atoms with van der Waals surface area (Å²) in [7, 11) is 1.34. The van der Waals surface area contributed by atoms with Gasteiger partial charge >= 0.3 is 6.18 Å². The molecule has 2 aromatic heterocycles. The van der Waals surface area contributed by atoms with Crippen molar-refractivity contribution in [1.29, 1.82) is 0 Å². The zero-order valence-electron chi connectivity index (χ0n) is 18.0. The third-order valence-electron chi connectivity index (χ3n) is 5.40. The summed E-state index contributed by atoms with van der Waals surface area (Å²) >= 11 is 0. The molecule has 0 spiro atoms. The van der Waals surface area contributed by atoms with E-state index in [1.807, 2.05) is 31.7 Å². The largest absolute Gasteiger partial charge is 0.425 e. The Bertz CT molecular complexity index is 937. The van der Waals surface area contributed by atoms with Crippen LogP contribution in [0.3, 0.4) is 0 Å². The lowest BCUT2D eigenvalue weighted by Crippen LogP contribution is -2.53. The van der Waals surface area contributed by atoms with Crippen LogP contribution in [0.15, 0.2) is 18.5 Å². The second-order valence-electron chi connectivity index (χ2n) is 8.14. The van der Waals surface area contributed by atoms with Gasteiger partial charge in [0.15, 0.2) is 5.82 Å². The first kappa shape index (κ1) is 23.0. The van der Waals surface area contributed by atoms with E-state index in [1.54, 1.807) is 0 Å². The Kier molecular flexibility index (Phi) is 6.26. The molecule has 2 aromatic rings. The molecule has 1 atom stereocenters. The Balaban J connectivity index is 1.71. The number of hydrogen-bond acceptors (Lipinski definition) is 6. The number of alkyl halides is 3. The SMILES string of the molecule is Cc1cc(N2CCN(C(=O)CC(O)(c3nccn3C)C(F)(F)F)CC2)nc(C(C)C)n1. The zero-order chi connectivity index (χ0) is 23.0. The van der Waals surface area contributed by atoms with Crippen LogP contribution in [-0.2, 0) is 17.4 Å². The van der Waals surface area contributed by atoms with E-state index in [0.29, 0.717) is 13.1 Å². The maximum atomic E-state index is 13.7. The average molecular weight is 440 g/mol. The highest BCUT2D eigenvalue weighted by Gasteiger charge is 2.59. The van der Waals surface area contributed by atoms with Crippen molar-refractivity contribution in [2.24, 2.45) is 7.05 Å². The Labute approximate surface area is 178 Å². The summed E-state index contributed by atoms with van der Waals surface area (Å²) in [6.45, 7) is 7.18. The number of aliphatic hydroxyl groups is 1. The molecule has 0 radical (unpaired) electrons. The summed E-state index contributed by atoms with van der Waals surface area (Å²) in [4.78, 5) is 28.6. The van der Waals surface area contributed by atoms with Crippen molar-refractivity contribution in [2.75, 3.05) is 31.1 Å². The molecule has 1 aliphatic heterocycles. The van der Waals surface area contributed by atoms with Crippen LogP contribution < -0.4 is 4.90 Å². The van der Waals surface area contributed by atoms with Crippen LogP contribution in [0.5, 0.6) is 0 Å². The molecular formula is C20H27F3N6O2. The Morgan fingerprint density at radius 2 is 1.84 bits per heavy atom. The van der Waals surface area contributed by atoms with Gasteiger partial charge in [-0.3, -0.25) is 4.79 Å². The van der Waals surface area contributed by atoms with Crippen molar-refractivity contribution in [3.63, 3.8) is 0 Å². The molecule has 1 aliphatic rings. The third-order valence-corrected chi connectivity index (χ3v) is 5.40. The van der Waals surface area contributed by atoms with Gasteiger partial charge in [-0.1, -0.05) is 13.8 Å². The number of carbonyl (C=O) groups excluding carboxylic acids is 1. The normalized spacial score (nSPS) is 17.2. The number of amides is 1. The van der Waals surface area contributed by atoms with E-state index < -0.39 is 29.9 Å². The molecule has 8 nitrogen and oxygen atoms in total. The Morgan fingerprint density at radius 1 is 1.19 bits per heavy atom. The minimum absolute atomic E-state index is 0.160. The van der Waals surface area contributed by atoms with Crippen molar-refractivity contribution >= 4 is 11.7 Å². The number of aryl methyl sites for hydroxylation is 2. The van der Waals surface area contributed by atoms with Gasteiger partial charge in [-0.15, -0.1) is 0 Å². The number of hydrogen-bond donors (Lipinski definition) is 1. The molecule has 1 N–H and O–H groups in total. The molecule has 0 aliphatic carbocycles. The monoisotopic (exact) mass is 440 g/mol. The first-order chi connectivity index (χ1) is 14.4. The number of imidazole rings is 1. The first-order valence-electron chi connectivity index (χ1n) is 10.1. The lowest BCUT2D eigenvalue weighted by molar-refractivity contribution is -0.272. The molecule has 3 rings (SSSR count). The molecule has 1 fully saturated rings. The van der Waals surface area contributed by atoms with Crippen LogP contribution in [0.2, 0.25) is 0 Å². The number of aromatic nitrogens is 4. The van der Waals surface area contributed by atoms with Gasteiger partial charge in [0.05, 0.1) is 6.42 Å². The number of halogens is 3. The fraction of sp³-hybridized carbons (Fsp3) is 0.600. The predicted molar refractivity (Wildman–Crippen MR) is 107 cm³/mol. The van der Waals surface area contributed by atoms with E-state index in [1.165, 1.54) is 18.1 Å². The van der Waals surface area contributed by atoms with Gasteiger partial charge in [0.25, 0.3) is 0 Å². The molecule has 0 saturated carbocycles. The van der Waals surface area contributed by atoms with Gasteiger partial charge < -0.3 is 19.5 Å². The minimum atomic E-state index is -5.05. The van der Waals surface area contributed by atoms with E-state index in [4.69, 9.17) is 0 Å². The van der Waals surface area contributed by atoms with Crippen molar-refractivity contribution < 1.29 is 23.1 Å². The summed E-state index contributed by atoms with van der Waals surface area (Å²) in [6.07, 6.45) is -3.71. The van der Waals surface area contributed by atoms with Crippen LogP contribution in [0.4, 0.5) is 19.0 Å². The smallest absolute Gasteiger partial charge is 0.374 e. The first-order valence-corrected chi connectivity index (χ1v) is 10.1. The zero-order valence-corrected chi connectivity index (χ0v) is 18.0. The molecule has 170 valence electrons. The summed E-state index contributed by atoms with van der Waals surface area (Å²) in [5.41, 5.74) is -2.52. The lowest BCUT2D eigenvalue weighted by atomic mass is 9.96. The third kappa shape index (κ3) is 4.65. The molecule has 0 aromatic carbocycles. The standard InChI is InChI=1S/C20H27F3N6O2/c1-13(2)17-25-14(3)11-15(26-17)28-7-9-29(10-8-28)16(30)12-19(31,20(21,22)23)18-24-5-6-27(18)4/h5-6,11,13,31H,7-10,12H2,1-4H3. The van der Waals surface area contributed by atoms with Gasteiger partial charge in [0.1, 0.15) is 11.6 Å². The van der Waals surface area contributed by atoms with Gasteiger partial charge in [-0.2, -0.15) is 13.2 Å². The summed E-state index contributed by atoms with van der Waals surface area (Å²) in [5.74, 6) is 0.239. The number of nitrogens with zero attached hydrogens (tertiary/aromatic N) is 6. The van der Waals surface area contributed by atoms with Crippen LogP contribution >= 0.6 is 0 Å². The molecule has 1 saturated heterocycles. The van der Waals surface area contributed by atoms with E-state index >= 15 is 0 Å². The fourth-order valence-corrected chi connectivity index (χ4v) is 3.58. The van der Waals surface area contributed by atoms with Crippen molar-refractivity contribution in [1.82, 2.24) is 24.4 Å². The number of anilines is 1. The number of carbonyl (C=O) groups is 1. The van der Waals surface area contributed by atoms with Crippen LogP contribution in [0, 0.1) is 6.92 Å². The average Bonchev–Trinajstić information content (AvgIpc) is 3.13. The summed E-state index contributed by atoms with van der Waals surface area (Å²) < 4.78 is 42.2. The predicted octanol–water partition coefficient (Wildman–Crippen LogP) is 2.13. The molecular weight excluding hydrogens is 413 g/mol. The van der Waals surface area contributed by atoms with E-state index in [9.17, 15) is 23.1 Å². The molecule has 3 heterocycles. The summed E-state index contributed by atoms with van der Waals surface area (Å²) in [6, 6.07) is 1.85. The van der Waals surface area contributed by atoms with Gasteiger partial charge in [0, 0.05) is 63.3 Å². The van der Waals surface area contributed by atoms with Gasteiger partial charge in [-0.25, -0.2) is 15.0 Å². The van der Waals surface area contributed by atoms with Crippen LogP contribution in [-0.4, -0.2) is 67.8 Å². The van der Waals surface area contributed by atoms with Crippen LogP contribution in [0.25, 0.3) is 0 Å². The number of rotatable bonds is 5. The maximum Gasteiger partial charge on any atom is 0.425 e. The van der Waals surface area contributed by atoms with Crippen molar-refractivity contribution in [2.45, 2.75) is 44.9 Å². The fourth-order valence-electron chi connectivity index (χ4n) is 3.58. The second-order valence-corrected chi connectivity index (χ2v) is 8.14. The minimum Gasteiger partial charge on any atom is -0.374 e. The van der Waals surface area contributed by atoms with Crippen molar-refractivity contribution in [3.8, 4) is 0 Å². The molecule has 11 heteroatoms. The van der Waals surface area contributed by atoms with E-state index in [2.05, 4.69) is 15.0 Å². The van der Waals surface area contributed by atoms with Crippen LogP contribution in [0.1, 0.15) is 43.5 Å². The lowest BCUT2D eigenvalue weighted by Gasteiger charge is -2.37.